The largest absolute Gasteiger partial charge is 0.465 e. The third-order valence-electron chi connectivity index (χ3n) is 3.74. The van der Waals surface area contributed by atoms with E-state index in [0.29, 0.717) is 12.6 Å². The van der Waals surface area contributed by atoms with Gasteiger partial charge in [-0.3, -0.25) is 14.6 Å². The van der Waals surface area contributed by atoms with E-state index in [-0.39, 0.29) is 12.0 Å². The average molecular weight is 242 g/mol. The number of nitrogens with zero attached hydrogens (tertiary/aromatic N) is 2. The van der Waals surface area contributed by atoms with Gasteiger partial charge < -0.3 is 4.74 Å². The summed E-state index contributed by atoms with van der Waals surface area (Å²) in [7, 11) is 0. The van der Waals surface area contributed by atoms with Crippen molar-refractivity contribution in [1.29, 1.82) is 0 Å². The number of carbonyl (C=O) groups is 1. The molecule has 0 spiro atoms. The molecule has 0 saturated carbocycles. The molecule has 2 unspecified atom stereocenters. The number of rotatable bonds is 5. The summed E-state index contributed by atoms with van der Waals surface area (Å²) < 4.78 is 5.06. The third-order valence-corrected chi connectivity index (χ3v) is 3.74. The van der Waals surface area contributed by atoms with Gasteiger partial charge in [0.15, 0.2) is 0 Å². The van der Waals surface area contributed by atoms with E-state index in [1.165, 1.54) is 6.42 Å². The first-order valence-corrected chi connectivity index (χ1v) is 6.74. The van der Waals surface area contributed by atoms with Crippen LogP contribution in [-0.2, 0) is 9.53 Å². The molecular formula is C13H26N2O2. The highest BCUT2D eigenvalue weighted by molar-refractivity contribution is 5.75. The average Bonchev–Trinajstić information content (AvgIpc) is 2.37. The highest BCUT2D eigenvalue weighted by Gasteiger charge is 2.27. The summed E-state index contributed by atoms with van der Waals surface area (Å²) in [4.78, 5) is 16.3. The summed E-state index contributed by atoms with van der Waals surface area (Å²) in [6, 6.07) is 0.545. The van der Waals surface area contributed by atoms with E-state index < -0.39 is 0 Å². The molecule has 0 aromatic rings. The molecule has 0 amide bonds. The van der Waals surface area contributed by atoms with Gasteiger partial charge in [-0.05, 0) is 27.2 Å². The third kappa shape index (κ3) is 3.96. The van der Waals surface area contributed by atoms with E-state index in [1.54, 1.807) is 0 Å². The fourth-order valence-electron chi connectivity index (χ4n) is 2.24. The van der Waals surface area contributed by atoms with Gasteiger partial charge in [-0.15, -0.1) is 0 Å². The van der Waals surface area contributed by atoms with Crippen LogP contribution in [0.5, 0.6) is 0 Å². The van der Waals surface area contributed by atoms with E-state index >= 15 is 0 Å². The van der Waals surface area contributed by atoms with Crippen molar-refractivity contribution >= 4 is 5.97 Å². The van der Waals surface area contributed by atoms with Crippen molar-refractivity contribution < 1.29 is 9.53 Å². The Balaban J connectivity index is 2.38. The molecule has 1 aliphatic rings. The predicted molar refractivity (Wildman–Crippen MR) is 69.0 cm³/mol. The van der Waals surface area contributed by atoms with Crippen LogP contribution in [0.4, 0.5) is 0 Å². The maximum atomic E-state index is 11.6. The molecule has 0 aromatic carbocycles. The van der Waals surface area contributed by atoms with E-state index in [0.717, 1.165) is 26.2 Å². The molecule has 4 nitrogen and oxygen atoms in total. The van der Waals surface area contributed by atoms with Gasteiger partial charge >= 0.3 is 5.97 Å². The van der Waals surface area contributed by atoms with Gasteiger partial charge in [0.25, 0.3) is 0 Å². The maximum Gasteiger partial charge on any atom is 0.323 e. The zero-order chi connectivity index (χ0) is 12.8. The van der Waals surface area contributed by atoms with Crippen LogP contribution in [0.2, 0.25) is 0 Å². The molecule has 1 rings (SSSR count). The Morgan fingerprint density at radius 2 is 1.65 bits per heavy atom. The van der Waals surface area contributed by atoms with Crippen molar-refractivity contribution in [1.82, 2.24) is 9.80 Å². The highest BCUT2D eigenvalue weighted by Crippen LogP contribution is 2.11. The van der Waals surface area contributed by atoms with E-state index in [9.17, 15) is 4.79 Å². The number of carbonyl (C=O) groups excluding carboxylic acids is 1. The van der Waals surface area contributed by atoms with Crippen LogP contribution in [-0.4, -0.2) is 60.6 Å². The fraction of sp³-hybridized carbons (Fsp3) is 0.923. The summed E-state index contributed by atoms with van der Waals surface area (Å²) in [5.74, 6) is -0.0931. The number of hydrogen-bond acceptors (Lipinski definition) is 4. The van der Waals surface area contributed by atoms with Crippen LogP contribution in [0.1, 0.15) is 34.1 Å². The lowest BCUT2D eigenvalue weighted by Gasteiger charge is -2.39. The monoisotopic (exact) mass is 242 g/mol. The lowest BCUT2D eigenvalue weighted by Crippen LogP contribution is -2.53. The SMILES string of the molecule is CCOC(=O)C(C)N1CCN(C(C)CC)CC1. The first kappa shape index (κ1) is 14.5. The van der Waals surface area contributed by atoms with Gasteiger partial charge in [0.05, 0.1) is 6.61 Å². The zero-order valence-corrected chi connectivity index (χ0v) is 11.6. The summed E-state index contributed by atoms with van der Waals surface area (Å²) in [6.07, 6.45) is 1.19. The predicted octanol–water partition coefficient (Wildman–Crippen LogP) is 1.35. The molecule has 1 aliphatic heterocycles. The Bertz CT molecular complexity index is 238. The molecule has 1 fully saturated rings. The second-order valence-electron chi connectivity index (χ2n) is 4.76. The van der Waals surface area contributed by atoms with Crippen LogP contribution >= 0.6 is 0 Å². The van der Waals surface area contributed by atoms with Gasteiger partial charge in [0.2, 0.25) is 0 Å². The molecule has 100 valence electrons. The normalized spacial score (nSPS) is 22.1. The number of esters is 1. The van der Waals surface area contributed by atoms with Crippen molar-refractivity contribution in [2.45, 2.75) is 46.2 Å². The van der Waals surface area contributed by atoms with Crippen molar-refractivity contribution in [3.8, 4) is 0 Å². The lowest BCUT2D eigenvalue weighted by atomic mass is 10.1. The summed E-state index contributed by atoms with van der Waals surface area (Å²) in [6.45, 7) is 12.8. The van der Waals surface area contributed by atoms with Crippen LogP contribution in [0, 0.1) is 0 Å². The standard InChI is InChI=1S/C13H26N2O2/c1-5-11(3)14-7-9-15(10-8-14)12(4)13(16)17-6-2/h11-12H,5-10H2,1-4H3. The molecule has 0 bridgehead atoms. The molecule has 0 aromatic heterocycles. The summed E-state index contributed by atoms with van der Waals surface area (Å²) in [5.41, 5.74) is 0. The summed E-state index contributed by atoms with van der Waals surface area (Å²) >= 11 is 0. The minimum Gasteiger partial charge on any atom is -0.465 e. The Labute approximate surface area is 105 Å². The molecular weight excluding hydrogens is 216 g/mol. The summed E-state index contributed by atoms with van der Waals surface area (Å²) in [5, 5.41) is 0. The number of ether oxygens (including phenoxy) is 1. The molecule has 2 atom stereocenters. The Kier molecular flexibility index (Phi) is 5.92. The molecule has 0 aliphatic carbocycles. The van der Waals surface area contributed by atoms with Gasteiger partial charge in [-0.1, -0.05) is 6.92 Å². The van der Waals surface area contributed by atoms with Crippen molar-refractivity contribution in [3.63, 3.8) is 0 Å². The lowest BCUT2D eigenvalue weighted by molar-refractivity contribution is -0.149. The van der Waals surface area contributed by atoms with Gasteiger partial charge in [0, 0.05) is 32.2 Å². The topological polar surface area (TPSA) is 32.8 Å². The van der Waals surface area contributed by atoms with E-state index in [2.05, 4.69) is 23.6 Å². The Hall–Kier alpha value is -0.610. The van der Waals surface area contributed by atoms with Crippen molar-refractivity contribution in [2.75, 3.05) is 32.8 Å². The molecule has 17 heavy (non-hydrogen) atoms. The fourth-order valence-corrected chi connectivity index (χ4v) is 2.24. The molecule has 0 N–H and O–H groups in total. The van der Waals surface area contributed by atoms with Gasteiger partial charge in [-0.25, -0.2) is 0 Å². The Morgan fingerprint density at radius 3 is 2.12 bits per heavy atom. The second-order valence-corrected chi connectivity index (χ2v) is 4.76. The van der Waals surface area contributed by atoms with Gasteiger partial charge in [-0.2, -0.15) is 0 Å². The van der Waals surface area contributed by atoms with Gasteiger partial charge in [0.1, 0.15) is 6.04 Å². The smallest absolute Gasteiger partial charge is 0.323 e. The number of piperazine rings is 1. The van der Waals surface area contributed by atoms with Crippen LogP contribution in [0.15, 0.2) is 0 Å². The highest BCUT2D eigenvalue weighted by atomic mass is 16.5. The first-order valence-electron chi connectivity index (χ1n) is 6.74. The van der Waals surface area contributed by atoms with E-state index in [4.69, 9.17) is 4.74 Å². The van der Waals surface area contributed by atoms with Crippen molar-refractivity contribution in [2.24, 2.45) is 0 Å². The van der Waals surface area contributed by atoms with Crippen LogP contribution < -0.4 is 0 Å². The van der Waals surface area contributed by atoms with Crippen LogP contribution in [0.3, 0.4) is 0 Å². The maximum absolute atomic E-state index is 11.6. The second kappa shape index (κ2) is 6.97. The van der Waals surface area contributed by atoms with Crippen LogP contribution in [0.25, 0.3) is 0 Å². The molecule has 1 heterocycles. The quantitative estimate of drug-likeness (QED) is 0.681. The zero-order valence-electron chi connectivity index (χ0n) is 11.6. The number of hydrogen-bond donors (Lipinski definition) is 0. The molecule has 0 radical (unpaired) electrons. The minimum absolute atomic E-state index is 0.0931. The van der Waals surface area contributed by atoms with Crippen molar-refractivity contribution in [3.05, 3.63) is 0 Å². The molecule has 4 heteroatoms. The Morgan fingerprint density at radius 1 is 1.12 bits per heavy atom. The van der Waals surface area contributed by atoms with E-state index in [1.807, 2.05) is 13.8 Å². The molecule has 1 saturated heterocycles. The first-order chi connectivity index (χ1) is 8.10. The minimum atomic E-state index is -0.103.